The normalized spacial score (nSPS) is 33.6. The molecular weight excluding hydrogens is 328 g/mol. The standard InChI is InChI=1S/C18H22O5S/c19-18(13-1-3-16(4-2-13)24-23-22-20)21-10-17-14-6-11-5-12(8-14)9-15(17)7-11/h1-4,11-12,14-15,17,20H,5-10H2/p-1. The average molecular weight is 349 g/mol. The first-order valence-corrected chi connectivity index (χ1v) is 9.37. The fraction of sp³-hybridized carbons (Fsp3) is 0.611. The first-order chi connectivity index (χ1) is 11.7. The molecule has 1 aromatic carbocycles. The Hall–Kier alpha value is -1.08. The number of rotatable bonds is 6. The van der Waals surface area contributed by atoms with E-state index in [0.29, 0.717) is 23.0 Å². The van der Waals surface area contributed by atoms with E-state index in [1.807, 2.05) is 0 Å². The number of benzene rings is 1. The Morgan fingerprint density at radius 2 is 1.67 bits per heavy atom. The van der Waals surface area contributed by atoms with E-state index in [2.05, 4.69) is 9.37 Å². The van der Waals surface area contributed by atoms with Gasteiger partial charge in [0.2, 0.25) is 0 Å². The van der Waals surface area contributed by atoms with Gasteiger partial charge in [0.25, 0.3) is 0 Å². The van der Waals surface area contributed by atoms with Crippen LogP contribution in [0.15, 0.2) is 29.2 Å². The van der Waals surface area contributed by atoms with Crippen molar-refractivity contribution >= 4 is 18.0 Å². The lowest BCUT2D eigenvalue weighted by Crippen LogP contribution is -2.46. The molecule has 4 fully saturated rings. The molecule has 0 amide bonds. The summed E-state index contributed by atoms with van der Waals surface area (Å²) in [6.45, 7) is 0.553. The van der Waals surface area contributed by atoms with Crippen molar-refractivity contribution in [3.8, 4) is 0 Å². The molecule has 4 aliphatic rings. The largest absolute Gasteiger partial charge is 0.691 e. The summed E-state index contributed by atoms with van der Waals surface area (Å²) in [5.74, 6) is 3.67. The molecular formula is C18H21O5S-. The Labute approximate surface area is 145 Å². The van der Waals surface area contributed by atoms with Crippen LogP contribution < -0.4 is 5.26 Å². The highest BCUT2D eigenvalue weighted by Gasteiger charge is 2.48. The highest BCUT2D eigenvalue weighted by molar-refractivity contribution is 7.94. The molecule has 5 nitrogen and oxygen atoms in total. The van der Waals surface area contributed by atoms with Crippen LogP contribution >= 0.6 is 12.0 Å². The zero-order valence-corrected chi connectivity index (χ0v) is 14.2. The van der Waals surface area contributed by atoms with Gasteiger partial charge in [0, 0.05) is 4.90 Å². The molecule has 0 atom stereocenters. The highest BCUT2D eigenvalue weighted by atomic mass is 32.2. The van der Waals surface area contributed by atoms with E-state index in [0.717, 1.165) is 35.7 Å². The lowest BCUT2D eigenvalue weighted by Gasteiger charge is -2.54. The maximum Gasteiger partial charge on any atom is 0.338 e. The molecule has 4 aliphatic carbocycles. The SMILES string of the molecule is O=C(OCC1C2CC3CC(C2)CC1C3)c1ccc(SOO[O-])cc1. The molecule has 24 heavy (non-hydrogen) atoms. The van der Waals surface area contributed by atoms with Gasteiger partial charge in [0.1, 0.15) is 0 Å². The minimum Gasteiger partial charge on any atom is -0.691 e. The second kappa shape index (κ2) is 7.04. The van der Waals surface area contributed by atoms with Crippen molar-refractivity contribution in [1.29, 1.82) is 0 Å². The lowest BCUT2D eigenvalue weighted by molar-refractivity contribution is -0.777. The molecule has 0 radical (unpaired) electrons. The zero-order valence-electron chi connectivity index (χ0n) is 13.4. The van der Waals surface area contributed by atoms with Gasteiger partial charge in [0.05, 0.1) is 24.2 Å². The third-order valence-corrected chi connectivity index (χ3v) is 6.67. The summed E-state index contributed by atoms with van der Waals surface area (Å²) >= 11 is 0.806. The Bertz CT molecular complexity index is 560. The van der Waals surface area contributed by atoms with Crippen LogP contribution in [0.3, 0.4) is 0 Å². The quantitative estimate of drug-likeness (QED) is 0.340. The van der Waals surface area contributed by atoms with Gasteiger partial charge in [-0.3, -0.25) is 5.04 Å². The molecule has 0 saturated heterocycles. The molecule has 0 unspecified atom stereocenters. The molecule has 4 bridgehead atoms. The third kappa shape index (κ3) is 3.33. The van der Waals surface area contributed by atoms with E-state index in [1.54, 1.807) is 24.3 Å². The average Bonchev–Trinajstić information content (AvgIpc) is 2.59. The number of esters is 1. The van der Waals surface area contributed by atoms with Gasteiger partial charge < -0.3 is 9.99 Å². The maximum atomic E-state index is 12.3. The maximum absolute atomic E-state index is 12.3. The van der Waals surface area contributed by atoms with Gasteiger partial charge in [-0.1, -0.05) is 0 Å². The van der Waals surface area contributed by atoms with Crippen LogP contribution in [0.1, 0.15) is 42.5 Å². The highest BCUT2D eigenvalue weighted by Crippen LogP contribution is 2.56. The third-order valence-electron chi connectivity index (χ3n) is 6.08. The van der Waals surface area contributed by atoms with E-state index in [-0.39, 0.29) is 5.97 Å². The van der Waals surface area contributed by atoms with E-state index in [9.17, 15) is 10.1 Å². The van der Waals surface area contributed by atoms with E-state index in [4.69, 9.17) is 4.74 Å². The Balaban J connectivity index is 1.32. The second-order valence-electron chi connectivity index (χ2n) is 7.44. The van der Waals surface area contributed by atoms with Crippen molar-refractivity contribution in [2.75, 3.05) is 6.61 Å². The van der Waals surface area contributed by atoms with Gasteiger partial charge in [-0.2, -0.15) is 4.33 Å². The van der Waals surface area contributed by atoms with Crippen molar-refractivity contribution < 1.29 is 24.2 Å². The topological polar surface area (TPSA) is 67.8 Å². The van der Waals surface area contributed by atoms with Crippen LogP contribution in [0.2, 0.25) is 0 Å². The van der Waals surface area contributed by atoms with Crippen LogP contribution in [0.4, 0.5) is 0 Å². The number of hydrogen-bond donors (Lipinski definition) is 0. The summed E-state index contributed by atoms with van der Waals surface area (Å²) in [7, 11) is 0. The molecule has 0 aromatic heterocycles. The molecule has 130 valence electrons. The van der Waals surface area contributed by atoms with E-state index < -0.39 is 0 Å². The fourth-order valence-corrected chi connectivity index (χ4v) is 5.62. The van der Waals surface area contributed by atoms with Gasteiger partial charge in [-0.05, 0) is 86.0 Å². The second-order valence-corrected chi connectivity index (χ2v) is 8.21. The molecule has 0 spiro atoms. The van der Waals surface area contributed by atoms with Crippen molar-refractivity contribution in [3.63, 3.8) is 0 Å². The minimum atomic E-state index is -0.277. The number of carbonyl (C=O) groups excluding carboxylic acids is 1. The summed E-state index contributed by atoms with van der Waals surface area (Å²) in [6, 6.07) is 6.75. The molecule has 1 aromatic rings. The number of carbonyl (C=O) groups is 1. The predicted molar refractivity (Wildman–Crippen MR) is 85.3 cm³/mol. The van der Waals surface area contributed by atoms with Gasteiger partial charge >= 0.3 is 5.97 Å². The molecule has 5 rings (SSSR count). The fourth-order valence-electron chi connectivity index (χ4n) is 5.27. The molecule has 0 aliphatic heterocycles. The van der Waals surface area contributed by atoms with E-state index in [1.165, 1.54) is 32.1 Å². The van der Waals surface area contributed by atoms with Crippen LogP contribution in [0.5, 0.6) is 0 Å². The van der Waals surface area contributed by atoms with Gasteiger partial charge in [0.15, 0.2) is 0 Å². The monoisotopic (exact) mass is 349 g/mol. The van der Waals surface area contributed by atoms with Crippen LogP contribution in [-0.2, 0) is 14.1 Å². The van der Waals surface area contributed by atoms with Crippen LogP contribution in [-0.4, -0.2) is 12.6 Å². The molecule has 6 heteroatoms. The Morgan fingerprint density at radius 1 is 1.04 bits per heavy atom. The first kappa shape index (κ1) is 16.4. The zero-order chi connectivity index (χ0) is 16.5. The van der Waals surface area contributed by atoms with Crippen molar-refractivity contribution in [1.82, 2.24) is 0 Å². The summed E-state index contributed by atoms with van der Waals surface area (Å²) in [4.78, 5) is 13.0. The molecule has 0 N–H and O–H groups in total. The van der Waals surface area contributed by atoms with Crippen molar-refractivity contribution in [3.05, 3.63) is 29.8 Å². The predicted octanol–water partition coefficient (Wildman–Crippen LogP) is 3.15. The van der Waals surface area contributed by atoms with Gasteiger partial charge in [-0.15, -0.1) is 0 Å². The molecule has 4 saturated carbocycles. The van der Waals surface area contributed by atoms with Crippen molar-refractivity contribution in [2.45, 2.75) is 37.0 Å². The van der Waals surface area contributed by atoms with Gasteiger partial charge in [-0.25, -0.2) is 4.79 Å². The summed E-state index contributed by atoms with van der Waals surface area (Å²) in [5.41, 5.74) is 0.520. The van der Waals surface area contributed by atoms with Crippen molar-refractivity contribution in [2.24, 2.45) is 29.6 Å². The smallest absolute Gasteiger partial charge is 0.338 e. The summed E-state index contributed by atoms with van der Waals surface area (Å²) in [6.07, 6.45) is 6.78. The number of ether oxygens (including phenoxy) is 1. The number of hydrogen-bond acceptors (Lipinski definition) is 6. The Morgan fingerprint density at radius 3 is 2.25 bits per heavy atom. The van der Waals surface area contributed by atoms with E-state index >= 15 is 0 Å². The summed E-state index contributed by atoms with van der Waals surface area (Å²) in [5, 5.41) is 13.1. The first-order valence-electron chi connectivity index (χ1n) is 8.63. The van der Waals surface area contributed by atoms with Crippen LogP contribution in [0.25, 0.3) is 0 Å². The molecule has 0 heterocycles. The Kier molecular flexibility index (Phi) is 4.81. The minimum absolute atomic E-state index is 0.277. The summed E-state index contributed by atoms with van der Waals surface area (Å²) < 4.78 is 9.87. The van der Waals surface area contributed by atoms with Crippen LogP contribution in [0, 0.1) is 29.6 Å². The lowest BCUT2D eigenvalue weighted by atomic mass is 9.52.